The van der Waals surface area contributed by atoms with E-state index >= 15 is 0 Å². The highest BCUT2D eigenvalue weighted by Gasteiger charge is 2.39. The van der Waals surface area contributed by atoms with E-state index in [1.165, 1.54) is 11.1 Å². The highest BCUT2D eigenvalue weighted by Crippen LogP contribution is 2.48. The lowest BCUT2D eigenvalue weighted by Crippen LogP contribution is -2.23. The second-order valence-electron chi connectivity index (χ2n) is 6.45. The lowest BCUT2D eigenvalue weighted by Gasteiger charge is -2.28. The van der Waals surface area contributed by atoms with Crippen LogP contribution in [0.3, 0.4) is 0 Å². The van der Waals surface area contributed by atoms with Crippen LogP contribution in [0.1, 0.15) is 36.2 Å². The Labute approximate surface area is 134 Å². The Balaban J connectivity index is 1.65. The Morgan fingerprint density at radius 2 is 2.09 bits per heavy atom. The molecule has 5 heteroatoms. The van der Waals surface area contributed by atoms with Gasteiger partial charge in [-0.2, -0.15) is 5.10 Å². The first kappa shape index (κ1) is 13.1. The van der Waals surface area contributed by atoms with Crippen LogP contribution in [-0.4, -0.2) is 24.4 Å². The van der Waals surface area contributed by atoms with Gasteiger partial charge in [0.05, 0.1) is 30.0 Å². The Morgan fingerprint density at radius 1 is 1.17 bits per heavy atom. The number of aliphatic hydroxyl groups is 1. The van der Waals surface area contributed by atoms with Crippen molar-refractivity contribution in [3.63, 3.8) is 0 Å². The SMILES string of the molecule is OC1c2ccnn2CCCC1[C@@H]1c2ccccc2-c2cncn21. The molecule has 4 heterocycles. The molecule has 2 aromatic heterocycles. The van der Waals surface area contributed by atoms with Crippen molar-refractivity contribution < 1.29 is 5.11 Å². The first-order valence-electron chi connectivity index (χ1n) is 8.15. The summed E-state index contributed by atoms with van der Waals surface area (Å²) in [4.78, 5) is 4.33. The zero-order chi connectivity index (χ0) is 15.4. The van der Waals surface area contributed by atoms with Crippen molar-refractivity contribution in [1.82, 2.24) is 19.3 Å². The van der Waals surface area contributed by atoms with Crippen LogP contribution in [0.5, 0.6) is 0 Å². The van der Waals surface area contributed by atoms with E-state index in [0.717, 1.165) is 30.8 Å². The predicted molar refractivity (Wildman–Crippen MR) is 85.7 cm³/mol. The van der Waals surface area contributed by atoms with Crippen molar-refractivity contribution in [2.75, 3.05) is 0 Å². The predicted octanol–water partition coefficient (Wildman–Crippen LogP) is 2.79. The molecule has 0 radical (unpaired) electrons. The topological polar surface area (TPSA) is 55.9 Å². The molecule has 0 amide bonds. The average molecular weight is 306 g/mol. The molecule has 2 aliphatic rings. The summed E-state index contributed by atoms with van der Waals surface area (Å²) in [6.07, 6.45) is 7.10. The van der Waals surface area contributed by atoms with Gasteiger partial charge in [0.2, 0.25) is 0 Å². The van der Waals surface area contributed by atoms with E-state index in [0.29, 0.717) is 0 Å². The maximum absolute atomic E-state index is 11.0. The molecule has 3 atom stereocenters. The van der Waals surface area contributed by atoms with Crippen molar-refractivity contribution in [3.05, 3.63) is 60.3 Å². The third kappa shape index (κ3) is 1.77. The zero-order valence-electron chi connectivity index (χ0n) is 12.7. The van der Waals surface area contributed by atoms with Crippen LogP contribution in [0.2, 0.25) is 0 Å². The minimum atomic E-state index is -0.508. The van der Waals surface area contributed by atoms with Crippen LogP contribution in [0, 0.1) is 5.92 Å². The Morgan fingerprint density at radius 3 is 3.04 bits per heavy atom. The second kappa shape index (κ2) is 4.80. The van der Waals surface area contributed by atoms with E-state index in [4.69, 9.17) is 0 Å². The number of imidazole rings is 1. The van der Waals surface area contributed by atoms with Gasteiger partial charge in [-0.05, 0) is 24.5 Å². The smallest absolute Gasteiger partial charge is 0.101 e. The minimum absolute atomic E-state index is 0.129. The lowest BCUT2D eigenvalue weighted by atomic mass is 9.84. The number of rotatable bonds is 1. The van der Waals surface area contributed by atoms with Crippen molar-refractivity contribution >= 4 is 0 Å². The Bertz CT molecular complexity index is 865. The van der Waals surface area contributed by atoms with Crippen LogP contribution in [-0.2, 0) is 6.54 Å². The van der Waals surface area contributed by atoms with Crippen molar-refractivity contribution in [1.29, 1.82) is 0 Å². The first-order valence-corrected chi connectivity index (χ1v) is 8.15. The lowest BCUT2D eigenvalue weighted by molar-refractivity contribution is 0.0799. The summed E-state index contributed by atoms with van der Waals surface area (Å²) in [7, 11) is 0. The molecule has 0 aliphatic carbocycles. The van der Waals surface area contributed by atoms with Crippen LogP contribution < -0.4 is 0 Å². The highest BCUT2D eigenvalue weighted by atomic mass is 16.3. The summed E-state index contributed by atoms with van der Waals surface area (Å²) < 4.78 is 4.17. The summed E-state index contributed by atoms with van der Waals surface area (Å²) in [5.74, 6) is 0.129. The fraction of sp³-hybridized carbons (Fsp3) is 0.333. The molecular weight excluding hydrogens is 288 g/mol. The number of benzene rings is 1. The molecule has 0 fully saturated rings. The third-order valence-corrected chi connectivity index (χ3v) is 5.29. The minimum Gasteiger partial charge on any atom is -0.386 e. The van der Waals surface area contributed by atoms with Gasteiger partial charge in [-0.15, -0.1) is 0 Å². The maximum atomic E-state index is 11.0. The highest BCUT2D eigenvalue weighted by molar-refractivity contribution is 5.69. The van der Waals surface area contributed by atoms with Gasteiger partial charge in [-0.1, -0.05) is 24.3 Å². The molecule has 1 N–H and O–H groups in total. The number of hydrogen-bond donors (Lipinski definition) is 1. The van der Waals surface area contributed by atoms with E-state index in [1.807, 2.05) is 23.3 Å². The molecule has 0 saturated carbocycles. The quantitative estimate of drug-likeness (QED) is 0.752. The molecule has 5 nitrogen and oxygen atoms in total. The van der Waals surface area contributed by atoms with Gasteiger partial charge in [-0.25, -0.2) is 4.98 Å². The van der Waals surface area contributed by atoms with E-state index in [-0.39, 0.29) is 12.0 Å². The normalized spacial score (nSPS) is 25.5. The van der Waals surface area contributed by atoms with Gasteiger partial charge in [0, 0.05) is 24.2 Å². The molecular formula is C18H18N4O. The van der Waals surface area contributed by atoms with Crippen LogP contribution in [0.15, 0.2) is 49.1 Å². The number of hydrogen-bond acceptors (Lipinski definition) is 3. The molecule has 3 aromatic rings. The largest absolute Gasteiger partial charge is 0.386 e. The summed E-state index contributed by atoms with van der Waals surface area (Å²) in [6, 6.07) is 10.6. The van der Waals surface area contributed by atoms with Crippen LogP contribution in [0.25, 0.3) is 11.3 Å². The molecule has 116 valence electrons. The molecule has 1 aromatic carbocycles. The average Bonchev–Trinajstić information content (AvgIpc) is 3.25. The van der Waals surface area contributed by atoms with Gasteiger partial charge >= 0.3 is 0 Å². The van der Waals surface area contributed by atoms with Gasteiger partial charge in [0.1, 0.15) is 6.10 Å². The summed E-state index contributed by atoms with van der Waals surface area (Å²) >= 11 is 0. The van der Waals surface area contributed by atoms with E-state index in [9.17, 15) is 5.11 Å². The zero-order valence-corrected chi connectivity index (χ0v) is 12.7. The van der Waals surface area contributed by atoms with Gasteiger partial charge in [0.15, 0.2) is 0 Å². The molecule has 2 aliphatic heterocycles. The van der Waals surface area contributed by atoms with Gasteiger partial charge in [-0.3, -0.25) is 4.68 Å². The summed E-state index contributed by atoms with van der Waals surface area (Å²) in [6.45, 7) is 0.876. The molecule has 0 bridgehead atoms. The van der Waals surface area contributed by atoms with Gasteiger partial charge < -0.3 is 9.67 Å². The Hall–Kier alpha value is -2.40. The fourth-order valence-electron chi connectivity index (χ4n) is 4.28. The monoisotopic (exact) mass is 306 g/mol. The maximum Gasteiger partial charge on any atom is 0.101 e. The third-order valence-electron chi connectivity index (χ3n) is 5.29. The molecule has 0 saturated heterocycles. The summed E-state index contributed by atoms with van der Waals surface area (Å²) in [5, 5.41) is 15.4. The number of fused-ring (bicyclic) bond motifs is 4. The fourth-order valence-corrected chi connectivity index (χ4v) is 4.28. The number of aliphatic hydroxyl groups excluding tert-OH is 1. The molecule has 2 unspecified atom stereocenters. The van der Waals surface area contributed by atoms with E-state index < -0.39 is 6.10 Å². The van der Waals surface area contributed by atoms with Crippen LogP contribution >= 0.6 is 0 Å². The standard InChI is InChI=1S/C18H18N4O/c23-18-14(6-3-9-22-15(18)7-8-20-22)17-13-5-2-1-4-12(13)16-10-19-11-21(16)17/h1-2,4-5,7-8,10-11,14,17-18,23H,3,6,9H2/t14?,17-,18?/m0/s1. The van der Waals surface area contributed by atoms with E-state index in [1.54, 1.807) is 6.20 Å². The number of aryl methyl sites for hydroxylation is 1. The Kier molecular flexibility index (Phi) is 2.73. The van der Waals surface area contributed by atoms with E-state index in [2.05, 4.69) is 38.9 Å². The van der Waals surface area contributed by atoms with Crippen molar-refractivity contribution in [2.24, 2.45) is 5.92 Å². The first-order chi connectivity index (χ1) is 11.3. The van der Waals surface area contributed by atoms with Crippen molar-refractivity contribution in [2.45, 2.75) is 31.5 Å². The van der Waals surface area contributed by atoms with Gasteiger partial charge in [0.25, 0.3) is 0 Å². The molecule has 5 rings (SSSR count). The number of aromatic nitrogens is 4. The number of nitrogens with zero attached hydrogens (tertiary/aromatic N) is 4. The summed E-state index contributed by atoms with van der Waals surface area (Å²) in [5.41, 5.74) is 4.61. The second-order valence-corrected chi connectivity index (χ2v) is 6.45. The molecule has 0 spiro atoms. The van der Waals surface area contributed by atoms with Crippen molar-refractivity contribution in [3.8, 4) is 11.3 Å². The van der Waals surface area contributed by atoms with Crippen LogP contribution in [0.4, 0.5) is 0 Å². The molecule has 23 heavy (non-hydrogen) atoms.